The molecule has 0 aliphatic carbocycles. The Kier molecular flexibility index (Phi) is 2.61. The van der Waals surface area contributed by atoms with Crippen molar-refractivity contribution in [3.05, 3.63) is 35.4 Å². The van der Waals surface area contributed by atoms with E-state index in [-0.39, 0.29) is 0 Å². The maximum Gasteiger partial charge on any atom is 0.181 e. The van der Waals surface area contributed by atoms with Gasteiger partial charge in [-0.1, -0.05) is 18.2 Å². The molecule has 0 spiro atoms. The van der Waals surface area contributed by atoms with Gasteiger partial charge in [-0.05, 0) is 22.0 Å². The molecule has 0 saturated heterocycles. The van der Waals surface area contributed by atoms with E-state index in [4.69, 9.17) is 5.26 Å². The van der Waals surface area contributed by atoms with E-state index < -0.39 is 5.08 Å². The second kappa shape index (κ2) is 3.49. The molecule has 3 heteroatoms. The van der Waals surface area contributed by atoms with Crippen molar-refractivity contribution in [3.8, 4) is 6.07 Å². The van der Waals surface area contributed by atoms with Gasteiger partial charge in [0.1, 0.15) is 0 Å². The summed E-state index contributed by atoms with van der Waals surface area (Å²) in [5.74, 6) is 0. The average Bonchev–Trinajstić information content (AvgIpc) is 2.04. The third-order valence-electron chi connectivity index (χ3n) is 1.32. The van der Waals surface area contributed by atoms with Gasteiger partial charge in [0, 0.05) is 5.56 Å². The third-order valence-corrected chi connectivity index (χ3v) is 1.81. The number of rotatable bonds is 1. The Balaban J connectivity index is 3.15. The molecule has 0 N–H and O–H groups in total. The van der Waals surface area contributed by atoms with Gasteiger partial charge in [-0.15, -0.1) is 0 Å². The number of alkyl halides is 2. The second-order valence-corrected chi connectivity index (χ2v) is 2.80. The zero-order chi connectivity index (χ0) is 8.27. The van der Waals surface area contributed by atoms with Gasteiger partial charge >= 0.3 is 0 Å². The molecule has 0 radical (unpaired) electrons. The van der Waals surface area contributed by atoms with E-state index in [1.807, 2.05) is 6.07 Å². The minimum Gasteiger partial charge on any atom is -0.230 e. The van der Waals surface area contributed by atoms with Gasteiger partial charge in [0.25, 0.3) is 0 Å². The number of halogens is 2. The van der Waals surface area contributed by atoms with Crippen LogP contribution in [0, 0.1) is 11.3 Å². The molecule has 1 aromatic rings. The van der Waals surface area contributed by atoms with E-state index in [0.29, 0.717) is 11.1 Å². The maximum absolute atomic E-state index is 12.6. The molecule has 0 aliphatic rings. The third kappa shape index (κ3) is 1.78. The van der Waals surface area contributed by atoms with E-state index >= 15 is 0 Å². The molecule has 1 unspecified atom stereocenters. The van der Waals surface area contributed by atoms with Crippen LogP contribution >= 0.6 is 15.9 Å². The van der Waals surface area contributed by atoms with Crippen molar-refractivity contribution in [2.75, 3.05) is 0 Å². The van der Waals surface area contributed by atoms with Crippen LogP contribution in [0.3, 0.4) is 0 Å². The van der Waals surface area contributed by atoms with Crippen molar-refractivity contribution in [2.24, 2.45) is 0 Å². The smallest absolute Gasteiger partial charge is 0.181 e. The lowest BCUT2D eigenvalue weighted by Gasteiger charge is -2.00. The summed E-state index contributed by atoms with van der Waals surface area (Å²) in [6.07, 6.45) is 0. The molecular formula is C8H5BrFN. The van der Waals surface area contributed by atoms with Crippen LogP contribution < -0.4 is 0 Å². The van der Waals surface area contributed by atoms with E-state index in [1.165, 1.54) is 0 Å². The van der Waals surface area contributed by atoms with Gasteiger partial charge in [0.2, 0.25) is 0 Å². The summed E-state index contributed by atoms with van der Waals surface area (Å²) >= 11 is 2.76. The highest BCUT2D eigenvalue weighted by molar-refractivity contribution is 9.09. The Morgan fingerprint density at radius 1 is 1.45 bits per heavy atom. The van der Waals surface area contributed by atoms with Crippen molar-refractivity contribution < 1.29 is 4.39 Å². The van der Waals surface area contributed by atoms with Crippen LogP contribution in [0.25, 0.3) is 0 Å². The van der Waals surface area contributed by atoms with Crippen LogP contribution in [0.2, 0.25) is 0 Å². The fourth-order valence-electron chi connectivity index (χ4n) is 0.789. The summed E-state index contributed by atoms with van der Waals surface area (Å²) in [7, 11) is 0. The first kappa shape index (κ1) is 8.22. The molecular weight excluding hydrogens is 209 g/mol. The minimum atomic E-state index is -1.25. The predicted molar refractivity (Wildman–Crippen MR) is 43.9 cm³/mol. The van der Waals surface area contributed by atoms with Crippen LogP contribution in [0.5, 0.6) is 0 Å². The van der Waals surface area contributed by atoms with Gasteiger partial charge < -0.3 is 0 Å². The van der Waals surface area contributed by atoms with E-state index in [2.05, 4.69) is 15.9 Å². The van der Waals surface area contributed by atoms with Gasteiger partial charge in [0.15, 0.2) is 5.08 Å². The number of benzene rings is 1. The molecule has 0 aliphatic heterocycles. The highest BCUT2D eigenvalue weighted by Gasteiger charge is 2.08. The summed E-state index contributed by atoms with van der Waals surface area (Å²) in [5, 5.41) is 7.28. The molecule has 1 atom stereocenters. The number of hydrogen-bond acceptors (Lipinski definition) is 1. The average molecular weight is 214 g/mol. The van der Waals surface area contributed by atoms with Crippen molar-refractivity contribution in [1.82, 2.24) is 0 Å². The Labute approximate surface area is 72.6 Å². The summed E-state index contributed by atoms with van der Waals surface area (Å²) in [4.78, 5) is 0. The zero-order valence-corrected chi connectivity index (χ0v) is 7.18. The lowest BCUT2D eigenvalue weighted by atomic mass is 10.1. The molecule has 0 saturated carbocycles. The molecule has 56 valence electrons. The summed E-state index contributed by atoms with van der Waals surface area (Å²) < 4.78 is 12.6. The summed E-state index contributed by atoms with van der Waals surface area (Å²) in [6, 6.07) is 8.48. The van der Waals surface area contributed by atoms with Crippen LogP contribution in [0.1, 0.15) is 16.2 Å². The summed E-state index contributed by atoms with van der Waals surface area (Å²) in [6.45, 7) is 0. The number of hydrogen-bond donors (Lipinski definition) is 0. The highest BCUT2D eigenvalue weighted by Crippen LogP contribution is 2.26. The largest absolute Gasteiger partial charge is 0.230 e. The maximum atomic E-state index is 12.6. The second-order valence-electron chi connectivity index (χ2n) is 2.00. The first-order chi connectivity index (χ1) is 5.25. The summed E-state index contributed by atoms with van der Waals surface area (Å²) in [5.41, 5.74) is 0.756. The van der Waals surface area contributed by atoms with E-state index in [0.717, 1.165) is 0 Å². The van der Waals surface area contributed by atoms with Crippen LogP contribution in [-0.2, 0) is 0 Å². The molecule has 0 bridgehead atoms. The Bertz CT molecular complexity index is 290. The van der Waals surface area contributed by atoms with Crippen molar-refractivity contribution in [1.29, 1.82) is 5.26 Å². The number of nitriles is 1. The monoisotopic (exact) mass is 213 g/mol. The first-order valence-electron chi connectivity index (χ1n) is 3.03. The molecule has 11 heavy (non-hydrogen) atoms. The molecule has 1 aromatic carbocycles. The fraction of sp³-hybridized carbons (Fsp3) is 0.125. The van der Waals surface area contributed by atoms with Crippen molar-refractivity contribution >= 4 is 15.9 Å². The first-order valence-corrected chi connectivity index (χ1v) is 3.94. The lowest BCUT2D eigenvalue weighted by molar-refractivity contribution is 0.478. The Morgan fingerprint density at radius 3 is 2.55 bits per heavy atom. The zero-order valence-electron chi connectivity index (χ0n) is 5.59. The topological polar surface area (TPSA) is 23.8 Å². The molecule has 0 fully saturated rings. The predicted octanol–water partition coefficient (Wildman–Crippen LogP) is 2.92. The minimum absolute atomic E-state index is 0.372. The van der Waals surface area contributed by atoms with Gasteiger partial charge in [0.05, 0.1) is 11.6 Å². The molecule has 0 heterocycles. The van der Waals surface area contributed by atoms with Crippen LogP contribution in [-0.4, -0.2) is 0 Å². The normalized spacial score (nSPS) is 12.1. The Hall–Kier alpha value is -0.880. The van der Waals surface area contributed by atoms with Crippen molar-refractivity contribution in [2.45, 2.75) is 5.08 Å². The van der Waals surface area contributed by atoms with Gasteiger partial charge in [-0.2, -0.15) is 5.26 Å². The Morgan fingerprint density at radius 2 is 2.09 bits per heavy atom. The SMILES string of the molecule is N#Cc1ccccc1C(F)Br. The van der Waals surface area contributed by atoms with Crippen LogP contribution in [0.4, 0.5) is 4.39 Å². The molecule has 0 amide bonds. The highest BCUT2D eigenvalue weighted by atomic mass is 79.9. The van der Waals surface area contributed by atoms with E-state index in [9.17, 15) is 4.39 Å². The number of nitrogens with zero attached hydrogens (tertiary/aromatic N) is 1. The van der Waals surface area contributed by atoms with E-state index in [1.54, 1.807) is 24.3 Å². The molecule has 0 aromatic heterocycles. The molecule has 1 rings (SSSR count). The van der Waals surface area contributed by atoms with Crippen molar-refractivity contribution in [3.63, 3.8) is 0 Å². The lowest BCUT2D eigenvalue weighted by Crippen LogP contribution is -1.86. The molecule has 1 nitrogen and oxygen atoms in total. The quantitative estimate of drug-likeness (QED) is 0.659. The van der Waals surface area contributed by atoms with Gasteiger partial charge in [-0.25, -0.2) is 4.39 Å². The van der Waals surface area contributed by atoms with Gasteiger partial charge in [-0.3, -0.25) is 0 Å². The van der Waals surface area contributed by atoms with Crippen LogP contribution in [0.15, 0.2) is 24.3 Å². The standard InChI is InChI=1S/C8H5BrFN/c9-8(10)7-4-2-1-3-6(7)5-11/h1-4,8H. The fourth-order valence-corrected chi connectivity index (χ4v) is 1.19.